The number of aromatic nitrogens is 4. The van der Waals surface area contributed by atoms with E-state index in [0.29, 0.717) is 103 Å². The van der Waals surface area contributed by atoms with Gasteiger partial charge >= 0.3 is 5.97 Å². The number of aliphatic hydroxyl groups is 1. The van der Waals surface area contributed by atoms with Gasteiger partial charge < -0.3 is 44.7 Å². The zero-order valence-electron chi connectivity index (χ0n) is 39.4. The molecule has 0 atom stereocenters. The number of esters is 1. The maximum Gasteiger partial charge on any atom is 0.359 e. The van der Waals surface area contributed by atoms with Crippen molar-refractivity contribution in [3.63, 3.8) is 0 Å². The van der Waals surface area contributed by atoms with Crippen LogP contribution in [0.2, 0.25) is 0 Å². The van der Waals surface area contributed by atoms with Crippen LogP contribution in [0.15, 0.2) is 97.1 Å². The molecule has 4 aliphatic heterocycles. The molecular formula is C53H57N9O10. The van der Waals surface area contributed by atoms with E-state index in [0.717, 1.165) is 37.1 Å². The van der Waals surface area contributed by atoms with E-state index in [9.17, 15) is 28.8 Å². The number of nitrogens with zero attached hydrogens (tertiary/aromatic N) is 8. The van der Waals surface area contributed by atoms with Crippen LogP contribution in [0.1, 0.15) is 99.0 Å². The lowest BCUT2D eigenvalue weighted by atomic mass is 10.0. The van der Waals surface area contributed by atoms with Gasteiger partial charge in [-0.05, 0) is 136 Å². The number of fused-ring (bicyclic) bond motifs is 2. The first-order valence-electron chi connectivity index (χ1n) is 23.5. The van der Waals surface area contributed by atoms with Gasteiger partial charge in [0.1, 0.15) is 29.5 Å². The molecule has 2 fully saturated rings. The number of anilines is 4. The molecule has 0 unspecified atom stereocenters. The minimum Gasteiger partial charge on any atom is -0.497 e. The van der Waals surface area contributed by atoms with E-state index >= 15 is 0 Å². The van der Waals surface area contributed by atoms with Gasteiger partial charge in [-0.2, -0.15) is 10.2 Å². The molecule has 4 aliphatic rings. The van der Waals surface area contributed by atoms with Gasteiger partial charge in [0.05, 0.1) is 32.2 Å². The third-order valence-corrected chi connectivity index (χ3v) is 13.0. The van der Waals surface area contributed by atoms with Gasteiger partial charge in [0, 0.05) is 72.9 Å². The van der Waals surface area contributed by atoms with Crippen LogP contribution in [-0.4, -0.2) is 114 Å². The Morgan fingerprint density at radius 2 is 0.903 bits per heavy atom. The fourth-order valence-corrected chi connectivity index (χ4v) is 9.38. The van der Waals surface area contributed by atoms with Crippen molar-refractivity contribution in [3.8, 4) is 22.9 Å². The van der Waals surface area contributed by atoms with Gasteiger partial charge in [0.25, 0.3) is 17.7 Å². The van der Waals surface area contributed by atoms with E-state index < -0.39 is 11.9 Å². The van der Waals surface area contributed by atoms with Crippen molar-refractivity contribution in [2.24, 2.45) is 5.73 Å². The molecule has 4 aromatic carbocycles. The van der Waals surface area contributed by atoms with Crippen molar-refractivity contribution in [2.45, 2.75) is 58.8 Å². The van der Waals surface area contributed by atoms with Crippen molar-refractivity contribution in [1.82, 2.24) is 19.6 Å². The van der Waals surface area contributed by atoms with Gasteiger partial charge in [-0.25, -0.2) is 14.2 Å². The third-order valence-electron chi connectivity index (χ3n) is 13.0. The Kier molecular flexibility index (Phi) is 15.1. The van der Waals surface area contributed by atoms with Crippen LogP contribution < -0.4 is 34.8 Å². The molecule has 0 spiro atoms. The molecule has 10 rings (SSSR count). The summed E-state index contributed by atoms with van der Waals surface area (Å²) in [5.41, 5.74) is 11.7. The number of hydrogen-bond donors (Lipinski definition) is 2. The first-order valence-corrected chi connectivity index (χ1v) is 23.5. The normalized spacial score (nSPS) is 15.5. The van der Waals surface area contributed by atoms with Crippen molar-refractivity contribution < 1.29 is 48.1 Å². The summed E-state index contributed by atoms with van der Waals surface area (Å²) in [6.45, 7) is 1.68. The zero-order valence-corrected chi connectivity index (χ0v) is 39.4. The summed E-state index contributed by atoms with van der Waals surface area (Å²) < 4.78 is 18.5. The first-order chi connectivity index (χ1) is 34.5. The Bertz CT molecular complexity index is 2980. The van der Waals surface area contributed by atoms with E-state index in [1.54, 1.807) is 82.4 Å². The van der Waals surface area contributed by atoms with Crippen LogP contribution in [0.3, 0.4) is 0 Å². The van der Waals surface area contributed by atoms with E-state index in [1.165, 1.54) is 9.36 Å². The average molecular weight is 980 g/mol. The molecule has 0 radical (unpaired) electrons. The smallest absolute Gasteiger partial charge is 0.359 e. The van der Waals surface area contributed by atoms with Gasteiger partial charge in [-0.3, -0.25) is 24.0 Å². The number of carbonyl (C=O) groups is 6. The largest absolute Gasteiger partial charge is 0.497 e. The molecule has 6 heterocycles. The minimum absolute atomic E-state index is 0. The van der Waals surface area contributed by atoms with E-state index in [4.69, 9.17) is 25.1 Å². The number of hydrogen-bond acceptors (Lipinski definition) is 12. The summed E-state index contributed by atoms with van der Waals surface area (Å²) in [5, 5.41) is 17.9. The monoisotopic (exact) mass is 979 g/mol. The van der Waals surface area contributed by atoms with Crippen LogP contribution in [0.4, 0.5) is 22.7 Å². The Morgan fingerprint density at radius 3 is 1.28 bits per heavy atom. The Hall–Kier alpha value is -8.32. The second kappa shape index (κ2) is 21.8. The number of primary amides is 1. The molecule has 2 saturated heterocycles. The lowest BCUT2D eigenvalue weighted by Crippen LogP contribution is -2.39. The molecule has 0 aliphatic carbocycles. The number of rotatable bonds is 12. The van der Waals surface area contributed by atoms with Crippen LogP contribution >= 0.6 is 0 Å². The summed E-state index contributed by atoms with van der Waals surface area (Å²) in [4.78, 5) is 83.6. The lowest BCUT2D eigenvalue weighted by molar-refractivity contribution is -0.120. The molecule has 0 bridgehead atoms. The second-order valence-electron chi connectivity index (χ2n) is 17.2. The highest BCUT2D eigenvalue weighted by atomic mass is 16.5. The number of amides is 5. The average Bonchev–Trinajstić information content (AvgIpc) is 4.00. The number of ether oxygens (including phenoxy) is 3. The van der Waals surface area contributed by atoms with Gasteiger partial charge in [-0.15, -0.1) is 0 Å². The van der Waals surface area contributed by atoms with Crippen molar-refractivity contribution in [2.75, 3.05) is 73.2 Å². The molecule has 5 amide bonds. The fourth-order valence-electron chi connectivity index (χ4n) is 9.38. The highest BCUT2D eigenvalue weighted by molar-refractivity contribution is 6.10. The van der Waals surface area contributed by atoms with E-state index in [-0.39, 0.29) is 61.4 Å². The molecule has 19 heteroatoms. The second-order valence-corrected chi connectivity index (χ2v) is 17.2. The Morgan fingerprint density at radius 1 is 0.528 bits per heavy atom. The third kappa shape index (κ3) is 9.87. The van der Waals surface area contributed by atoms with Crippen LogP contribution in [-0.2, 0) is 27.2 Å². The highest BCUT2D eigenvalue weighted by Crippen LogP contribution is 2.34. The minimum atomic E-state index is -0.686. The number of nitrogens with two attached hydrogens (primary N) is 1. The number of piperidine rings is 2. The molecule has 6 aromatic rings. The number of aliphatic hydroxyl groups excluding tert-OH is 1. The summed E-state index contributed by atoms with van der Waals surface area (Å²) in [7, 11) is 3.14. The van der Waals surface area contributed by atoms with Crippen molar-refractivity contribution >= 4 is 58.3 Å². The molecule has 374 valence electrons. The Balaban J connectivity index is 0.000000191. The molecule has 72 heavy (non-hydrogen) atoms. The molecule has 19 nitrogen and oxygen atoms in total. The number of benzene rings is 4. The summed E-state index contributed by atoms with van der Waals surface area (Å²) in [5.74, 6) is -0.365. The lowest BCUT2D eigenvalue weighted by Gasteiger charge is -2.29. The number of methoxy groups -OCH3 is 2. The number of carbonyl (C=O) groups excluding carboxylic acids is 6. The zero-order chi connectivity index (χ0) is 49.8. The first kappa shape index (κ1) is 50.1. The van der Waals surface area contributed by atoms with Crippen LogP contribution in [0, 0.1) is 0 Å². The molecule has 2 aromatic heterocycles. The summed E-state index contributed by atoms with van der Waals surface area (Å²) in [6.07, 6.45) is 5.75. The van der Waals surface area contributed by atoms with Gasteiger partial charge in [0.2, 0.25) is 11.8 Å². The predicted molar refractivity (Wildman–Crippen MR) is 269 cm³/mol. The van der Waals surface area contributed by atoms with Gasteiger partial charge in [0.15, 0.2) is 11.4 Å². The topological polar surface area (TPSA) is 225 Å². The summed E-state index contributed by atoms with van der Waals surface area (Å²) >= 11 is 0. The summed E-state index contributed by atoms with van der Waals surface area (Å²) in [6, 6.07) is 28.9. The Labute approximate surface area is 416 Å². The van der Waals surface area contributed by atoms with Crippen LogP contribution in [0.5, 0.6) is 11.5 Å². The maximum atomic E-state index is 13.8. The standard InChI is InChI=1S/C27H28N4O6.C25H25N5O4.CH4/c1-36-21-11-9-20(10-12-21)31-25-22(24(28-31)27(35)37-17-16-32)13-15-30(26(25)34)19-7-5-18(6-8-19)29-14-3-2-4-23(29)33;1-34-19-11-9-18(10-12-19)30-23-20(22(27-30)24(26)32)13-15-29(25(23)33)17-7-5-16(6-8-17)28-14-3-2-4-21(28)31;/h5-12,32H,2-4,13-17H2,1H3;5-12H,2-4,13-15H2,1H3,(H2,26,32);1H4. The predicted octanol–water partition coefficient (Wildman–Crippen LogP) is 6.09. The fraction of sp³-hybridized carbons (Fsp3) is 0.321. The maximum absolute atomic E-state index is 13.8. The van der Waals surface area contributed by atoms with Crippen molar-refractivity contribution in [1.29, 1.82) is 0 Å². The van der Waals surface area contributed by atoms with E-state index in [1.807, 2.05) is 48.5 Å². The molecule has 3 N–H and O–H groups in total. The van der Waals surface area contributed by atoms with Crippen LogP contribution in [0.25, 0.3) is 11.4 Å². The van der Waals surface area contributed by atoms with Gasteiger partial charge in [-0.1, -0.05) is 7.43 Å². The SMILES string of the molecule is C.COc1ccc(-n2nc(C(=O)OCCO)c3c2C(=O)N(c2ccc(N4CCCCC4=O)cc2)CC3)cc1.COc1ccc(-n2nc(C(N)=O)c3c2C(=O)N(c2ccc(N4CCCCC4=O)cc2)CC3)cc1. The van der Waals surface area contributed by atoms with Crippen molar-refractivity contribution in [3.05, 3.63) is 131 Å². The van der Waals surface area contributed by atoms with E-state index in [2.05, 4.69) is 10.2 Å². The molecular weight excluding hydrogens is 923 g/mol. The quantitative estimate of drug-likeness (QED) is 0.133. The molecule has 0 saturated carbocycles. The highest BCUT2D eigenvalue weighted by Gasteiger charge is 2.37.